The van der Waals surface area contributed by atoms with Crippen LogP contribution in [0.2, 0.25) is 0 Å². The highest BCUT2D eigenvalue weighted by Crippen LogP contribution is 2.18. The second-order valence-corrected chi connectivity index (χ2v) is 4.12. The van der Waals surface area contributed by atoms with Crippen molar-refractivity contribution in [1.82, 2.24) is 4.90 Å². The fraction of sp³-hybridized carbons (Fsp3) is 0.417. The molecule has 2 nitrogen and oxygen atoms in total. The zero-order chi connectivity index (χ0) is 10.7. The molecule has 1 aliphatic heterocycles. The number of hydrogen-bond acceptors (Lipinski definition) is 1. The molecule has 0 atom stereocenters. The van der Waals surface area contributed by atoms with Crippen molar-refractivity contribution >= 4 is 17.5 Å². The van der Waals surface area contributed by atoms with Gasteiger partial charge in [0.05, 0.1) is 0 Å². The summed E-state index contributed by atoms with van der Waals surface area (Å²) in [5, 5.41) is 0. The number of halogens is 1. The molecule has 0 aromatic heterocycles. The summed E-state index contributed by atoms with van der Waals surface area (Å²) in [6.07, 6.45) is 2.01. The smallest absolute Gasteiger partial charge is 0.254 e. The second kappa shape index (κ2) is 4.67. The first-order valence-electron chi connectivity index (χ1n) is 5.26. The summed E-state index contributed by atoms with van der Waals surface area (Å²) in [6.45, 7) is 1.47. The average molecular weight is 224 g/mol. The molecule has 0 bridgehead atoms. The Labute approximate surface area is 94.8 Å². The van der Waals surface area contributed by atoms with Gasteiger partial charge >= 0.3 is 0 Å². The SMILES string of the molecule is O=C1c2ccccc2CCCN1CCCl. The van der Waals surface area contributed by atoms with E-state index in [4.69, 9.17) is 11.6 Å². The predicted molar refractivity (Wildman–Crippen MR) is 61.4 cm³/mol. The van der Waals surface area contributed by atoms with Gasteiger partial charge in [0.2, 0.25) is 0 Å². The third kappa shape index (κ3) is 2.15. The molecule has 1 aliphatic rings. The summed E-state index contributed by atoms with van der Waals surface area (Å²) in [5.74, 6) is 0.636. The minimum absolute atomic E-state index is 0.128. The first-order chi connectivity index (χ1) is 7.33. The van der Waals surface area contributed by atoms with E-state index in [-0.39, 0.29) is 5.91 Å². The first-order valence-corrected chi connectivity index (χ1v) is 5.79. The van der Waals surface area contributed by atoms with Gasteiger partial charge in [-0.2, -0.15) is 0 Å². The van der Waals surface area contributed by atoms with Crippen LogP contribution in [0.3, 0.4) is 0 Å². The second-order valence-electron chi connectivity index (χ2n) is 3.74. The van der Waals surface area contributed by atoms with Crippen molar-refractivity contribution < 1.29 is 4.79 Å². The highest BCUT2D eigenvalue weighted by molar-refractivity contribution is 6.18. The van der Waals surface area contributed by atoms with Crippen LogP contribution in [-0.2, 0) is 6.42 Å². The molecule has 1 aromatic carbocycles. The van der Waals surface area contributed by atoms with E-state index in [0.29, 0.717) is 12.4 Å². The molecule has 1 amide bonds. The van der Waals surface area contributed by atoms with Crippen molar-refractivity contribution in [3.63, 3.8) is 0 Å². The van der Waals surface area contributed by atoms with E-state index in [0.717, 1.165) is 24.9 Å². The third-order valence-corrected chi connectivity index (χ3v) is 2.93. The van der Waals surface area contributed by atoms with E-state index in [1.165, 1.54) is 5.56 Å². The lowest BCUT2D eigenvalue weighted by molar-refractivity contribution is 0.0771. The summed E-state index contributed by atoms with van der Waals surface area (Å²) >= 11 is 5.69. The summed E-state index contributed by atoms with van der Waals surface area (Å²) in [7, 11) is 0. The van der Waals surface area contributed by atoms with Crippen LogP contribution < -0.4 is 0 Å². The van der Waals surface area contributed by atoms with Gasteiger partial charge in [-0.05, 0) is 24.5 Å². The lowest BCUT2D eigenvalue weighted by Crippen LogP contribution is -2.32. The van der Waals surface area contributed by atoms with Gasteiger partial charge in [-0.1, -0.05) is 18.2 Å². The normalized spacial score (nSPS) is 16.1. The number of amides is 1. The van der Waals surface area contributed by atoms with E-state index >= 15 is 0 Å². The van der Waals surface area contributed by atoms with Crippen molar-refractivity contribution in [2.24, 2.45) is 0 Å². The molecule has 0 radical (unpaired) electrons. The largest absolute Gasteiger partial charge is 0.337 e. The van der Waals surface area contributed by atoms with Gasteiger partial charge in [-0.3, -0.25) is 4.79 Å². The van der Waals surface area contributed by atoms with Crippen LogP contribution in [-0.4, -0.2) is 29.8 Å². The predicted octanol–water partition coefficient (Wildman–Crippen LogP) is 2.31. The van der Waals surface area contributed by atoms with Crippen molar-refractivity contribution in [2.45, 2.75) is 12.8 Å². The van der Waals surface area contributed by atoms with E-state index in [9.17, 15) is 4.79 Å². The Morgan fingerprint density at radius 1 is 1.33 bits per heavy atom. The van der Waals surface area contributed by atoms with Gasteiger partial charge in [-0.15, -0.1) is 11.6 Å². The molecule has 0 aliphatic carbocycles. The van der Waals surface area contributed by atoms with E-state index in [2.05, 4.69) is 0 Å². The summed E-state index contributed by atoms with van der Waals surface area (Å²) in [5.41, 5.74) is 2.01. The highest BCUT2D eigenvalue weighted by Gasteiger charge is 2.20. The standard InChI is InChI=1S/C12H14ClNO/c13-7-9-14-8-3-5-10-4-1-2-6-11(10)12(14)15/h1-2,4,6H,3,5,7-9H2. The number of carbonyl (C=O) groups excluding carboxylic acids is 1. The van der Waals surface area contributed by atoms with Crippen LogP contribution in [0.1, 0.15) is 22.3 Å². The Morgan fingerprint density at radius 2 is 2.13 bits per heavy atom. The van der Waals surface area contributed by atoms with Crippen LogP contribution in [0.5, 0.6) is 0 Å². The summed E-state index contributed by atoms with van der Waals surface area (Å²) < 4.78 is 0. The minimum atomic E-state index is 0.128. The molecule has 0 spiro atoms. The monoisotopic (exact) mass is 223 g/mol. The fourth-order valence-corrected chi connectivity index (χ4v) is 2.20. The maximum atomic E-state index is 12.1. The van der Waals surface area contributed by atoms with Gasteiger partial charge in [0, 0.05) is 24.5 Å². The molecule has 2 rings (SSSR count). The van der Waals surface area contributed by atoms with E-state index < -0.39 is 0 Å². The Balaban J connectivity index is 2.30. The van der Waals surface area contributed by atoms with Crippen LogP contribution >= 0.6 is 11.6 Å². The first kappa shape index (κ1) is 10.5. The molecule has 80 valence electrons. The lowest BCUT2D eigenvalue weighted by Gasteiger charge is -2.19. The quantitative estimate of drug-likeness (QED) is 0.705. The number of fused-ring (bicyclic) bond motifs is 1. The van der Waals surface area contributed by atoms with Gasteiger partial charge in [0.15, 0.2) is 0 Å². The van der Waals surface area contributed by atoms with Gasteiger partial charge in [-0.25, -0.2) is 0 Å². The minimum Gasteiger partial charge on any atom is -0.337 e. The molecule has 15 heavy (non-hydrogen) atoms. The molecule has 0 N–H and O–H groups in total. The zero-order valence-corrected chi connectivity index (χ0v) is 9.33. The van der Waals surface area contributed by atoms with Crippen molar-refractivity contribution in [3.05, 3.63) is 35.4 Å². The Morgan fingerprint density at radius 3 is 2.93 bits per heavy atom. The number of alkyl halides is 1. The molecular weight excluding hydrogens is 210 g/mol. The molecule has 0 saturated carbocycles. The average Bonchev–Trinajstić information content (AvgIpc) is 2.41. The van der Waals surface area contributed by atoms with Crippen LogP contribution in [0.15, 0.2) is 24.3 Å². The number of nitrogens with zero attached hydrogens (tertiary/aromatic N) is 1. The van der Waals surface area contributed by atoms with Crippen molar-refractivity contribution in [1.29, 1.82) is 0 Å². The number of carbonyl (C=O) groups is 1. The number of hydrogen-bond donors (Lipinski definition) is 0. The molecule has 3 heteroatoms. The number of rotatable bonds is 2. The lowest BCUT2D eigenvalue weighted by atomic mass is 10.0. The molecule has 0 fully saturated rings. The summed E-state index contributed by atoms with van der Waals surface area (Å²) in [4.78, 5) is 13.9. The molecule has 0 saturated heterocycles. The van der Waals surface area contributed by atoms with Gasteiger partial charge in [0.1, 0.15) is 0 Å². The summed E-state index contributed by atoms with van der Waals surface area (Å²) in [6, 6.07) is 7.85. The maximum absolute atomic E-state index is 12.1. The third-order valence-electron chi connectivity index (χ3n) is 2.76. The Bertz CT molecular complexity index is 364. The van der Waals surface area contributed by atoms with E-state index in [1.54, 1.807) is 0 Å². The van der Waals surface area contributed by atoms with E-state index in [1.807, 2.05) is 29.2 Å². The Hall–Kier alpha value is -1.02. The molecular formula is C12H14ClNO. The van der Waals surface area contributed by atoms with Crippen molar-refractivity contribution in [2.75, 3.05) is 19.0 Å². The van der Waals surface area contributed by atoms with Crippen LogP contribution in [0, 0.1) is 0 Å². The Kier molecular flexibility index (Phi) is 3.27. The zero-order valence-electron chi connectivity index (χ0n) is 8.58. The number of aryl methyl sites for hydroxylation is 1. The van der Waals surface area contributed by atoms with Crippen LogP contribution in [0.25, 0.3) is 0 Å². The van der Waals surface area contributed by atoms with Crippen LogP contribution in [0.4, 0.5) is 0 Å². The fourth-order valence-electron chi connectivity index (χ4n) is 1.99. The topological polar surface area (TPSA) is 20.3 Å². The molecule has 1 aromatic rings. The van der Waals surface area contributed by atoms with Gasteiger partial charge < -0.3 is 4.90 Å². The van der Waals surface area contributed by atoms with Crippen molar-refractivity contribution in [3.8, 4) is 0 Å². The maximum Gasteiger partial charge on any atom is 0.254 e. The molecule has 1 heterocycles. The number of benzene rings is 1. The van der Waals surface area contributed by atoms with Gasteiger partial charge in [0.25, 0.3) is 5.91 Å². The highest BCUT2D eigenvalue weighted by atomic mass is 35.5. The molecule has 0 unspecified atom stereocenters.